The van der Waals surface area contributed by atoms with Crippen LogP contribution in [-0.4, -0.2) is 23.6 Å². The van der Waals surface area contributed by atoms with E-state index < -0.39 is 5.54 Å². The fraction of sp³-hybridized carbons (Fsp3) is 0.417. The Morgan fingerprint density at radius 3 is 2.30 bits per heavy atom. The highest BCUT2D eigenvalue weighted by Gasteiger charge is 2.49. The van der Waals surface area contributed by atoms with Crippen molar-refractivity contribution in [1.82, 2.24) is 10.2 Å². The third-order valence-corrected chi connectivity index (χ3v) is 6.10. The minimum absolute atomic E-state index is 0.0345. The van der Waals surface area contributed by atoms with E-state index in [-0.39, 0.29) is 30.7 Å². The van der Waals surface area contributed by atoms with Crippen molar-refractivity contribution in [2.45, 2.75) is 59.0 Å². The number of rotatable bonds is 3. The highest BCUT2D eigenvalue weighted by Crippen LogP contribution is 2.38. The largest absolute Gasteiger partial charge is 0.454 e. The summed E-state index contributed by atoms with van der Waals surface area (Å²) >= 11 is 0. The van der Waals surface area contributed by atoms with Crippen molar-refractivity contribution in [3.05, 3.63) is 58.1 Å². The van der Waals surface area contributed by atoms with Gasteiger partial charge in [-0.15, -0.1) is 0 Å². The van der Waals surface area contributed by atoms with Gasteiger partial charge in [0.1, 0.15) is 5.54 Å². The van der Waals surface area contributed by atoms with E-state index in [0.717, 1.165) is 16.7 Å². The molecule has 4 rings (SSSR count). The van der Waals surface area contributed by atoms with E-state index in [9.17, 15) is 9.59 Å². The predicted molar refractivity (Wildman–Crippen MR) is 114 cm³/mol. The molecule has 1 saturated heterocycles. The third-order valence-electron chi connectivity index (χ3n) is 6.10. The zero-order chi connectivity index (χ0) is 21.8. The summed E-state index contributed by atoms with van der Waals surface area (Å²) in [5.41, 5.74) is 3.96. The second-order valence-electron chi connectivity index (χ2n) is 9.35. The second-order valence-corrected chi connectivity index (χ2v) is 9.35. The molecule has 1 atom stereocenters. The highest BCUT2D eigenvalue weighted by atomic mass is 16.7. The first-order chi connectivity index (χ1) is 14.0. The molecule has 3 amide bonds. The van der Waals surface area contributed by atoms with E-state index in [0.29, 0.717) is 17.1 Å². The molecule has 30 heavy (non-hydrogen) atoms. The smallest absolute Gasteiger partial charge is 0.325 e. The SMILES string of the molecule is Cc1cc(C(C)(C)C)cc(C)c1CN1C(=O)NC(C)(c2ccc3c(c2)OCO3)C1=O. The summed E-state index contributed by atoms with van der Waals surface area (Å²) in [6.07, 6.45) is 0. The monoisotopic (exact) mass is 408 g/mol. The van der Waals surface area contributed by atoms with Crippen LogP contribution in [0.3, 0.4) is 0 Å². The third kappa shape index (κ3) is 3.20. The maximum atomic E-state index is 13.4. The van der Waals surface area contributed by atoms with Crippen molar-refractivity contribution in [3.8, 4) is 11.5 Å². The number of fused-ring (bicyclic) bond motifs is 1. The quantitative estimate of drug-likeness (QED) is 0.769. The topological polar surface area (TPSA) is 67.9 Å². The normalized spacial score (nSPS) is 20.7. The molecule has 6 nitrogen and oxygen atoms in total. The summed E-state index contributed by atoms with van der Waals surface area (Å²) in [7, 11) is 0. The number of urea groups is 1. The van der Waals surface area contributed by atoms with E-state index in [4.69, 9.17) is 9.47 Å². The number of aryl methyl sites for hydroxylation is 2. The van der Waals surface area contributed by atoms with Crippen molar-refractivity contribution in [3.63, 3.8) is 0 Å². The van der Waals surface area contributed by atoms with Crippen LogP contribution in [-0.2, 0) is 22.3 Å². The Labute approximate surface area is 177 Å². The van der Waals surface area contributed by atoms with Crippen molar-refractivity contribution in [2.24, 2.45) is 0 Å². The van der Waals surface area contributed by atoms with Gasteiger partial charge in [-0.05, 0) is 66.1 Å². The van der Waals surface area contributed by atoms with Crippen LogP contribution < -0.4 is 14.8 Å². The molecule has 0 radical (unpaired) electrons. The molecule has 1 N–H and O–H groups in total. The van der Waals surface area contributed by atoms with Gasteiger partial charge in [0.2, 0.25) is 6.79 Å². The summed E-state index contributed by atoms with van der Waals surface area (Å²) in [4.78, 5) is 27.5. The van der Waals surface area contributed by atoms with E-state index >= 15 is 0 Å². The molecule has 6 heteroatoms. The first-order valence-electron chi connectivity index (χ1n) is 10.2. The Morgan fingerprint density at radius 1 is 1.03 bits per heavy atom. The summed E-state index contributed by atoms with van der Waals surface area (Å²) in [6.45, 7) is 12.7. The Bertz CT molecular complexity index is 1030. The van der Waals surface area contributed by atoms with Gasteiger partial charge in [-0.2, -0.15) is 0 Å². The average molecular weight is 408 g/mol. The number of ether oxygens (including phenoxy) is 2. The fourth-order valence-electron chi connectivity index (χ4n) is 4.08. The number of nitrogens with zero attached hydrogens (tertiary/aromatic N) is 1. The summed E-state index contributed by atoms with van der Waals surface area (Å²) in [5.74, 6) is 0.949. The molecule has 2 aromatic carbocycles. The van der Waals surface area contributed by atoms with E-state index in [1.807, 2.05) is 13.8 Å². The number of hydrogen-bond acceptors (Lipinski definition) is 4. The van der Waals surface area contributed by atoms with Gasteiger partial charge in [-0.1, -0.05) is 39.0 Å². The van der Waals surface area contributed by atoms with Gasteiger partial charge in [-0.3, -0.25) is 9.69 Å². The van der Waals surface area contributed by atoms with Crippen molar-refractivity contribution in [2.75, 3.05) is 6.79 Å². The zero-order valence-electron chi connectivity index (χ0n) is 18.4. The maximum Gasteiger partial charge on any atom is 0.325 e. The lowest BCUT2D eigenvalue weighted by Crippen LogP contribution is -2.40. The number of hydrogen-bond donors (Lipinski definition) is 1. The van der Waals surface area contributed by atoms with Crippen LogP contribution in [0.1, 0.15) is 55.5 Å². The van der Waals surface area contributed by atoms with Crippen LogP contribution in [0.25, 0.3) is 0 Å². The summed E-state index contributed by atoms with van der Waals surface area (Å²) in [5, 5.41) is 2.87. The molecule has 0 aliphatic carbocycles. The van der Waals surface area contributed by atoms with Gasteiger partial charge in [0.15, 0.2) is 11.5 Å². The Balaban J connectivity index is 1.64. The Morgan fingerprint density at radius 2 is 1.67 bits per heavy atom. The Kier molecular flexibility index (Phi) is 4.56. The van der Waals surface area contributed by atoms with Gasteiger partial charge >= 0.3 is 6.03 Å². The van der Waals surface area contributed by atoms with E-state index in [1.165, 1.54) is 10.5 Å². The number of carbonyl (C=O) groups excluding carboxylic acids is 2. The second kappa shape index (κ2) is 6.76. The lowest BCUT2D eigenvalue weighted by Gasteiger charge is -2.25. The average Bonchev–Trinajstić information content (AvgIpc) is 3.21. The van der Waals surface area contributed by atoms with Gasteiger partial charge in [-0.25, -0.2) is 4.79 Å². The molecule has 0 spiro atoms. The number of carbonyl (C=O) groups is 2. The molecule has 0 bridgehead atoms. The van der Waals surface area contributed by atoms with Crippen LogP contribution in [0.5, 0.6) is 11.5 Å². The van der Waals surface area contributed by atoms with Crippen LogP contribution in [0.2, 0.25) is 0 Å². The molecule has 1 unspecified atom stereocenters. The van der Waals surface area contributed by atoms with Crippen molar-refractivity contribution in [1.29, 1.82) is 0 Å². The molecular formula is C24H28N2O4. The molecular weight excluding hydrogens is 380 g/mol. The molecule has 2 heterocycles. The van der Waals surface area contributed by atoms with Crippen LogP contribution in [0, 0.1) is 13.8 Å². The fourth-order valence-corrected chi connectivity index (χ4v) is 4.08. The molecule has 2 aliphatic rings. The maximum absolute atomic E-state index is 13.4. The van der Waals surface area contributed by atoms with Crippen LogP contribution >= 0.6 is 0 Å². The van der Waals surface area contributed by atoms with E-state index in [1.54, 1.807) is 25.1 Å². The molecule has 2 aliphatic heterocycles. The molecule has 2 aromatic rings. The minimum atomic E-state index is -1.15. The van der Waals surface area contributed by atoms with Gasteiger partial charge < -0.3 is 14.8 Å². The highest BCUT2D eigenvalue weighted by molar-refractivity contribution is 6.07. The number of benzene rings is 2. The van der Waals surface area contributed by atoms with Gasteiger partial charge in [0, 0.05) is 0 Å². The lowest BCUT2D eigenvalue weighted by molar-refractivity contribution is -0.131. The minimum Gasteiger partial charge on any atom is -0.454 e. The Hall–Kier alpha value is -3.02. The first-order valence-corrected chi connectivity index (χ1v) is 10.2. The van der Waals surface area contributed by atoms with Crippen LogP contribution in [0.15, 0.2) is 30.3 Å². The van der Waals surface area contributed by atoms with E-state index in [2.05, 4.69) is 38.2 Å². The van der Waals surface area contributed by atoms with Gasteiger partial charge in [0.25, 0.3) is 5.91 Å². The van der Waals surface area contributed by atoms with Gasteiger partial charge in [0.05, 0.1) is 6.54 Å². The molecule has 1 fully saturated rings. The number of nitrogens with one attached hydrogen (secondary N) is 1. The van der Waals surface area contributed by atoms with Crippen molar-refractivity contribution >= 4 is 11.9 Å². The van der Waals surface area contributed by atoms with Crippen molar-refractivity contribution < 1.29 is 19.1 Å². The summed E-state index contributed by atoms with van der Waals surface area (Å²) in [6, 6.07) is 9.24. The first kappa shape index (κ1) is 20.3. The molecule has 0 aromatic heterocycles. The zero-order valence-corrected chi connectivity index (χ0v) is 18.4. The summed E-state index contributed by atoms with van der Waals surface area (Å²) < 4.78 is 10.8. The molecule has 0 saturated carbocycles. The standard InChI is InChI=1S/C24H28N2O4/c1-14-9-17(23(3,4)5)10-15(2)18(14)12-26-21(27)24(6,25-22(26)28)16-7-8-19-20(11-16)30-13-29-19/h7-11H,12-13H2,1-6H3,(H,25,28). The van der Waals surface area contributed by atoms with Crippen LogP contribution in [0.4, 0.5) is 4.79 Å². The molecule has 158 valence electrons. The number of amides is 3. The lowest BCUT2D eigenvalue weighted by atomic mass is 9.83. The number of imide groups is 1. The predicted octanol–water partition coefficient (Wildman–Crippen LogP) is 4.30.